The van der Waals surface area contributed by atoms with Gasteiger partial charge in [0.15, 0.2) is 0 Å². The zero-order valence-electron chi connectivity index (χ0n) is 13.6. The van der Waals surface area contributed by atoms with Crippen LogP contribution in [0, 0.1) is 0 Å². The molecule has 1 saturated heterocycles. The Bertz CT molecular complexity index is 448. The van der Waals surface area contributed by atoms with Crippen LogP contribution in [0.2, 0.25) is 0 Å². The predicted molar refractivity (Wildman–Crippen MR) is 83.5 cm³/mol. The van der Waals surface area contributed by atoms with Gasteiger partial charge in [0, 0.05) is 25.2 Å². The maximum absolute atomic E-state index is 5.41. The highest BCUT2D eigenvalue weighted by atomic mass is 16.5. The summed E-state index contributed by atoms with van der Waals surface area (Å²) >= 11 is 0. The first kappa shape index (κ1) is 16.1. The van der Waals surface area contributed by atoms with Gasteiger partial charge in [-0.15, -0.1) is 5.10 Å². The van der Waals surface area contributed by atoms with Crippen LogP contribution in [0.3, 0.4) is 0 Å². The molecular formula is C15H27N5O. The fourth-order valence-corrected chi connectivity index (χ4v) is 2.62. The van der Waals surface area contributed by atoms with Crippen LogP contribution >= 0.6 is 0 Å². The summed E-state index contributed by atoms with van der Waals surface area (Å²) < 4.78 is 5.41. The minimum atomic E-state index is 0.266. The van der Waals surface area contributed by atoms with Crippen molar-refractivity contribution in [1.29, 1.82) is 0 Å². The molecule has 2 atom stereocenters. The molecule has 1 fully saturated rings. The van der Waals surface area contributed by atoms with E-state index < -0.39 is 0 Å². The molecule has 2 heterocycles. The van der Waals surface area contributed by atoms with Gasteiger partial charge in [-0.2, -0.15) is 5.10 Å². The molecule has 0 amide bonds. The lowest BCUT2D eigenvalue weighted by atomic mass is 10.1. The number of anilines is 1. The zero-order chi connectivity index (χ0) is 15.2. The molecule has 0 radical (unpaired) electrons. The van der Waals surface area contributed by atoms with Crippen molar-refractivity contribution >= 4 is 5.95 Å². The Morgan fingerprint density at radius 3 is 2.38 bits per heavy atom. The van der Waals surface area contributed by atoms with Crippen LogP contribution in [-0.4, -0.2) is 58.5 Å². The molecule has 1 aliphatic rings. The second-order valence-electron chi connectivity index (χ2n) is 5.56. The van der Waals surface area contributed by atoms with Crippen LogP contribution in [0.15, 0.2) is 0 Å². The molecule has 6 heteroatoms. The van der Waals surface area contributed by atoms with E-state index in [2.05, 4.69) is 53.1 Å². The fraction of sp³-hybridized carbons (Fsp3) is 0.800. The van der Waals surface area contributed by atoms with E-state index in [-0.39, 0.29) is 6.04 Å². The van der Waals surface area contributed by atoms with Gasteiger partial charge < -0.3 is 10.1 Å². The number of aromatic nitrogens is 3. The summed E-state index contributed by atoms with van der Waals surface area (Å²) in [6.45, 7) is 12.2. The lowest BCUT2D eigenvalue weighted by Gasteiger charge is -2.35. The van der Waals surface area contributed by atoms with Gasteiger partial charge in [0.25, 0.3) is 0 Å². The minimum absolute atomic E-state index is 0.266. The van der Waals surface area contributed by atoms with Crippen LogP contribution in [-0.2, 0) is 17.6 Å². The minimum Gasteiger partial charge on any atom is -0.379 e. The van der Waals surface area contributed by atoms with Crippen molar-refractivity contribution in [1.82, 2.24) is 20.1 Å². The highest BCUT2D eigenvalue weighted by Gasteiger charge is 2.22. The van der Waals surface area contributed by atoms with E-state index in [0.717, 1.165) is 50.5 Å². The summed E-state index contributed by atoms with van der Waals surface area (Å²) in [5, 5.41) is 11.9. The van der Waals surface area contributed by atoms with Crippen LogP contribution < -0.4 is 5.32 Å². The molecule has 1 aromatic heterocycles. The molecule has 0 bridgehead atoms. The van der Waals surface area contributed by atoms with E-state index in [0.29, 0.717) is 12.0 Å². The average molecular weight is 293 g/mol. The van der Waals surface area contributed by atoms with E-state index in [9.17, 15) is 0 Å². The quantitative estimate of drug-likeness (QED) is 0.858. The molecule has 1 N–H and O–H groups in total. The molecule has 2 rings (SSSR count). The third kappa shape index (κ3) is 4.11. The number of nitrogens with zero attached hydrogens (tertiary/aromatic N) is 4. The van der Waals surface area contributed by atoms with Gasteiger partial charge in [-0.3, -0.25) is 4.90 Å². The topological polar surface area (TPSA) is 63.2 Å². The van der Waals surface area contributed by atoms with Gasteiger partial charge in [0.1, 0.15) is 0 Å². The Morgan fingerprint density at radius 1 is 1.10 bits per heavy atom. The number of morpholine rings is 1. The van der Waals surface area contributed by atoms with Crippen LogP contribution in [0.4, 0.5) is 5.95 Å². The summed E-state index contributed by atoms with van der Waals surface area (Å²) in [4.78, 5) is 7.04. The van der Waals surface area contributed by atoms with Crippen molar-refractivity contribution < 1.29 is 4.74 Å². The third-order valence-corrected chi connectivity index (χ3v) is 4.21. The van der Waals surface area contributed by atoms with Crippen molar-refractivity contribution in [3.8, 4) is 0 Å². The van der Waals surface area contributed by atoms with Crippen molar-refractivity contribution in [2.75, 3.05) is 31.6 Å². The Kier molecular flexibility index (Phi) is 5.87. The molecule has 1 aromatic rings. The lowest BCUT2D eigenvalue weighted by Crippen LogP contribution is -2.49. The molecule has 0 aliphatic carbocycles. The van der Waals surface area contributed by atoms with Crippen molar-refractivity contribution in [3.63, 3.8) is 0 Å². The van der Waals surface area contributed by atoms with Crippen molar-refractivity contribution in [2.45, 2.75) is 52.6 Å². The van der Waals surface area contributed by atoms with Gasteiger partial charge in [-0.05, 0) is 26.7 Å². The van der Waals surface area contributed by atoms with Crippen molar-refractivity contribution in [2.24, 2.45) is 0 Å². The Balaban J connectivity index is 1.99. The normalized spacial score (nSPS) is 19.2. The fourth-order valence-electron chi connectivity index (χ4n) is 2.62. The number of nitrogens with one attached hydrogen (secondary N) is 1. The third-order valence-electron chi connectivity index (χ3n) is 4.21. The SMILES string of the molecule is CCc1nnc(NC(C)C(C)N2CCOCC2)nc1CC. The highest BCUT2D eigenvalue weighted by molar-refractivity contribution is 5.27. The standard InChI is InChI=1S/C15H27N5O/c1-5-13-14(6-2)18-19-15(17-13)16-11(3)12(4)20-7-9-21-10-8-20/h11-12H,5-10H2,1-4H3,(H,16,17,19). The van der Waals surface area contributed by atoms with E-state index >= 15 is 0 Å². The largest absolute Gasteiger partial charge is 0.379 e. The smallest absolute Gasteiger partial charge is 0.243 e. The molecule has 0 saturated carbocycles. The highest BCUT2D eigenvalue weighted by Crippen LogP contribution is 2.12. The second kappa shape index (κ2) is 7.66. The first-order valence-corrected chi connectivity index (χ1v) is 7.96. The molecule has 0 aromatic carbocycles. The van der Waals surface area contributed by atoms with E-state index in [4.69, 9.17) is 4.74 Å². The maximum atomic E-state index is 5.41. The maximum Gasteiger partial charge on any atom is 0.243 e. The summed E-state index contributed by atoms with van der Waals surface area (Å²) in [6, 6.07) is 0.676. The Hall–Kier alpha value is -1.27. The van der Waals surface area contributed by atoms with Gasteiger partial charge >= 0.3 is 0 Å². The molecule has 118 valence electrons. The monoisotopic (exact) mass is 293 g/mol. The first-order chi connectivity index (χ1) is 10.2. The molecule has 0 spiro atoms. The predicted octanol–water partition coefficient (Wildman–Crippen LogP) is 1.52. The summed E-state index contributed by atoms with van der Waals surface area (Å²) in [6.07, 6.45) is 1.77. The first-order valence-electron chi connectivity index (χ1n) is 7.96. The van der Waals surface area contributed by atoms with E-state index in [1.54, 1.807) is 0 Å². The Labute approximate surface area is 127 Å². The van der Waals surface area contributed by atoms with Crippen LogP contribution in [0.5, 0.6) is 0 Å². The number of aryl methyl sites for hydroxylation is 2. The average Bonchev–Trinajstić information content (AvgIpc) is 2.54. The number of rotatable bonds is 6. The molecular weight excluding hydrogens is 266 g/mol. The number of hydrogen-bond donors (Lipinski definition) is 1. The summed E-state index contributed by atoms with van der Waals surface area (Å²) in [5.74, 6) is 0.636. The lowest BCUT2D eigenvalue weighted by molar-refractivity contribution is 0.0175. The molecule has 6 nitrogen and oxygen atoms in total. The summed E-state index contributed by atoms with van der Waals surface area (Å²) in [5.41, 5.74) is 2.04. The van der Waals surface area contributed by atoms with Crippen LogP contribution in [0.25, 0.3) is 0 Å². The molecule has 2 unspecified atom stereocenters. The van der Waals surface area contributed by atoms with Gasteiger partial charge in [-0.25, -0.2) is 4.98 Å². The van der Waals surface area contributed by atoms with E-state index in [1.807, 2.05) is 0 Å². The zero-order valence-corrected chi connectivity index (χ0v) is 13.6. The molecule has 1 aliphatic heterocycles. The van der Waals surface area contributed by atoms with E-state index in [1.165, 1.54) is 0 Å². The molecule has 21 heavy (non-hydrogen) atoms. The number of ether oxygens (including phenoxy) is 1. The van der Waals surface area contributed by atoms with Crippen molar-refractivity contribution in [3.05, 3.63) is 11.4 Å². The van der Waals surface area contributed by atoms with Crippen LogP contribution in [0.1, 0.15) is 39.1 Å². The number of hydrogen-bond acceptors (Lipinski definition) is 6. The van der Waals surface area contributed by atoms with Gasteiger partial charge in [-0.1, -0.05) is 13.8 Å². The van der Waals surface area contributed by atoms with Gasteiger partial charge in [0.2, 0.25) is 5.95 Å². The summed E-state index contributed by atoms with van der Waals surface area (Å²) in [7, 11) is 0. The Morgan fingerprint density at radius 2 is 1.76 bits per heavy atom. The second-order valence-corrected chi connectivity index (χ2v) is 5.56. The van der Waals surface area contributed by atoms with Gasteiger partial charge in [0.05, 0.1) is 24.6 Å².